The summed E-state index contributed by atoms with van der Waals surface area (Å²) in [6, 6.07) is 13.0. The maximum absolute atomic E-state index is 13.0. The third-order valence-electron chi connectivity index (χ3n) is 4.32. The molecule has 0 aromatic heterocycles. The van der Waals surface area contributed by atoms with Crippen LogP contribution in [0.3, 0.4) is 0 Å². The second-order valence-electron chi connectivity index (χ2n) is 7.13. The second-order valence-corrected chi connectivity index (χ2v) is 7.56. The zero-order valence-corrected chi connectivity index (χ0v) is 15.4. The summed E-state index contributed by atoms with van der Waals surface area (Å²) < 4.78 is 13.0. The van der Waals surface area contributed by atoms with E-state index in [0.29, 0.717) is 10.6 Å². The van der Waals surface area contributed by atoms with Gasteiger partial charge in [0.2, 0.25) is 5.91 Å². The van der Waals surface area contributed by atoms with E-state index in [9.17, 15) is 14.3 Å². The largest absolute Gasteiger partial charge is 0.384 e. The standard InChI is InChI=1S/C20H23ClFNO2/c1-19(2,14-4-8-16(21)9-5-14)12-18(24)23-13-20(3,25)15-6-10-17(22)11-7-15/h4-11,25H,12-13H2,1-3H3,(H,23,24). The van der Waals surface area contributed by atoms with Crippen molar-refractivity contribution in [2.75, 3.05) is 6.54 Å². The molecule has 1 unspecified atom stereocenters. The minimum absolute atomic E-state index is 0.0498. The SMILES string of the molecule is CC(C)(CC(=O)NCC(C)(O)c1ccc(F)cc1)c1ccc(Cl)cc1. The minimum atomic E-state index is -1.27. The van der Waals surface area contributed by atoms with Crippen LogP contribution >= 0.6 is 11.6 Å². The molecular weight excluding hydrogens is 341 g/mol. The van der Waals surface area contributed by atoms with E-state index in [2.05, 4.69) is 5.32 Å². The number of amides is 1. The van der Waals surface area contributed by atoms with Crippen LogP contribution in [-0.2, 0) is 15.8 Å². The number of hydrogen-bond acceptors (Lipinski definition) is 2. The number of hydrogen-bond donors (Lipinski definition) is 2. The highest BCUT2D eigenvalue weighted by molar-refractivity contribution is 6.30. The van der Waals surface area contributed by atoms with Crippen LogP contribution in [0, 0.1) is 5.82 Å². The third-order valence-corrected chi connectivity index (χ3v) is 4.58. The zero-order chi connectivity index (χ0) is 18.7. The Morgan fingerprint density at radius 1 is 1.04 bits per heavy atom. The lowest BCUT2D eigenvalue weighted by Gasteiger charge is -2.27. The molecule has 2 aromatic carbocycles. The molecule has 2 rings (SSSR count). The molecular formula is C20H23ClFNO2. The number of halogens is 2. The minimum Gasteiger partial charge on any atom is -0.384 e. The molecule has 0 heterocycles. The zero-order valence-electron chi connectivity index (χ0n) is 14.6. The number of carbonyl (C=O) groups excluding carboxylic acids is 1. The first kappa shape index (κ1) is 19.4. The topological polar surface area (TPSA) is 49.3 Å². The van der Waals surface area contributed by atoms with E-state index >= 15 is 0 Å². The predicted molar refractivity (Wildman–Crippen MR) is 98.1 cm³/mol. The first-order chi connectivity index (χ1) is 11.6. The maximum Gasteiger partial charge on any atom is 0.220 e. The number of aliphatic hydroxyl groups is 1. The molecule has 2 aromatic rings. The predicted octanol–water partition coefficient (Wildman–Crippen LogP) is 4.17. The normalized spacial score (nSPS) is 14.0. The average Bonchev–Trinajstić information content (AvgIpc) is 2.53. The number of rotatable bonds is 6. The van der Waals surface area contributed by atoms with Crippen LogP contribution in [0.4, 0.5) is 4.39 Å². The molecule has 0 bridgehead atoms. The van der Waals surface area contributed by atoms with Crippen LogP contribution in [0.2, 0.25) is 5.02 Å². The van der Waals surface area contributed by atoms with E-state index in [4.69, 9.17) is 11.6 Å². The van der Waals surface area contributed by atoms with Gasteiger partial charge >= 0.3 is 0 Å². The van der Waals surface area contributed by atoms with Gasteiger partial charge in [-0.05, 0) is 47.7 Å². The van der Waals surface area contributed by atoms with Crippen LogP contribution in [0.1, 0.15) is 38.3 Å². The fraction of sp³-hybridized carbons (Fsp3) is 0.350. The summed E-state index contributed by atoms with van der Waals surface area (Å²) in [5.74, 6) is -0.532. The van der Waals surface area contributed by atoms with Crippen molar-refractivity contribution >= 4 is 17.5 Å². The Morgan fingerprint density at radius 2 is 1.56 bits per heavy atom. The molecule has 1 amide bonds. The molecule has 134 valence electrons. The molecule has 2 N–H and O–H groups in total. The van der Waals surface area contributed by atoms with Gasteiger partial charge in [-0.15, -0.1) is 0 Å². The summed E-state index contributed by atoms with van der Waals surface area (Å²) in [6.45, 7) is 5.60. The van der Waals surface area contributed by atoms with Crippen LogP contribution in [-0.4, -0.2) is 17.6 Å². The maximum atomic E-state index is 13.0. The molecule has 1 atom stereocenters. The van der Waals surface area contributed by atoms with Crippen LogP contribution in [0.25, 0.3) is 0 Å². The Kier molecular flexibility index (Phi) is 5.86. The Hall–Kier alpha value is -1.91. The second kappa shape index (κ2) is 7.54. The lowest BCUT2D eigenvalue weighted by Crippen LogP contribution is -2.40. The van der Waals surface area contributed by atoms with Crippen molar-refractivity contribution in [1.29, 1.82) is 0 Å². The van der Waals surface area contributed by atoms with Gasteiger partial charge in [0.15, 0.2) is 0 Å². The van der Waals surface area contributed by atoms with E-state index in [1.165, 1.54) is 24.3 Å². The highest BCUT2D eigenvalue weighted by Gasteiger charge is 2.27. The Labute approximate surface area is 152 Å². The van der Waals surface area contributed by atoms with Crippen molar-refractivity contribution in [3.63, 3.8) is 0 Å². The van der Waals surface area contributed by atoms with Gasteiger partial charge in [0.25, 0.3) is 0 Å². The van der Waals surface area contributed by atoms with E-state index in [0.717, 1.165) is 5.56 Å². The molecule has 0 radical (unpaired) electrons. The molecule has 25 heavy (non-hydrogen) atoms. The monoisotopic (exact) mass is 363 g/mol. The Balaban J connectivity index is 1.97. The van der Waals surface area contributed by atoms with Crippen molar-refractivity contribution < 1.29 is 14.3 Å². The van der Waals surface area contributed by atoms with Gasteiger partial charge in [-0.25, -0.2) is 4.39 Å². The fourth-order valence-electron chi connectivity index (χ4n) is 2.65. The van der Waals surface area contributed by atoms with E-state index in [1.807, 2.05) is 26.0 Å². The van der Waals surface area contributed by atoms with E-state index in [1.54, 1.807) is 19.1 Å². The van der Waals surface area contributed by atoms with E-state index < -0.39 is 5.60 Å². The molecule has 0 fully saturated rings. The van der Waals surface area contributed by atoms with Crippen LogP contribution < -0.4 is 5.32 Å². The van der Waals surface area contributed by atoms with Crippen molar-refractivity contribution in [3.05, 3.63) is 70.5 Å². The van der Waals surface area contributed by atoms with Gasteiger partial charge in [0, 0.05) is 11.4 Å². The molecule has 5 heteroatoms. The van der Waals surface area contributed by atoms with Gasteiger partial charge in [-0.1, -0.05) is 49.7 Å². The van der Waals surface area contributed by atoms with Crippen LogP contribution in [0.15, 0.2) is 48.5 Å². The van der Waals surface area contributed by atoms with Crippen LogP contribution in [0.5, 0.6) is 0 Å². The van der Waals surface area contributed by atoms with E-state index in [-0.39, 0.29) is 30.1 Å². The summed E-state index contributed by atoms with van der Waals surface area (Å²) in [5.41, 5.74) is -0.0759. The highest BCUT2D eigenvalue weighted by Crippen LogP contribution is 2.28. The van der Waals surface area contributed by atoms with Gasteiger partial charge in [0.05, 0.1) is 6.54 Å². The first-order valence-electron chi connectivity index (χ1n) is 8.11. The summed E-state index contributed by atoms with van der Waals surface area (Å²) in [4.78, 5) is 12.3. The molecule has 0 spiro atoms. The van der Waals surface area contributed by atoms with Gasteiger partial charge in [-0.3, -0.25) is 4.79 Å². The van der Waals surface area contributed by atoms with Gasteiger partial charge in [-0.2, -0.15) is 0 Å². The molecule has 0 aliphatic carbocycles. The Bertz CT molecular complexity index is 724. The third kappa shape index (κ3) is 5.28. The van der Waals surface area contributed by atoms with Gasteiger partial charge in [0.1, 0.15) is 11.4 Å². The molecule has 0 saturated heterocycles. The summed E-state index contributed by atoms with van der Waals surface area (Å²) in [5, 5.41) is 13.9. The highest BCUT2D eigenvalue weighted by atomic mass is 35.5. The van der Waals surface area contributed by atoms with Crippen molar-refractivity contribution in [1.82, 2.24) is 5.32 Å². The Morgan fingerprint density at radius 3 is 2.12 bits per heavy atom. The molecule has 0 aliphatic heterocycles. The number of benzene rings is 2. The molecule has 0 aliphatic rings. The lowest BCUT2D eigenvalue weighted by atomic mass is 9.81. The fourth-order valence-corrected chi connectivity index (χ4v) is 2.77. The molecule has 3 nitrogen and oxygen atoms in total. The quantitative estimate of drug-likeness (QED) is 0.809. The smallest absolute Gasteiger partial charge is 0.220 e. The molecule has 0 saturated carbocycles. The number of carbonyl (C=O) groups is 1. The van der Waals surface area contributed by atoms with Gasteiger partial charge < -0.3 is 10.4 Å². The van der Waals surface area contributed by atoms with Crippen molar-refractivity contribution in [2.24, 2.45) is 0 Å². The number of nitrogens with one attached hydrogen (secondary N) is 1. The summed E-state index contributed by atoms with van der Waals surface area (Å²) >= 11 is 5.90. The summed E-state index contributed by atoms with van der Waals surface area (Å²) in [6.07, 6.45) is 0.272. The van der Waals surface area contributed by atoms with Crippen molar-refractivity contribution in [2.45, 2.75) is 38.2 Å². The summed E-state index contributed by atoms with van der Waals surface area (Å²) in [7, 11) is 0. The van der Waals surface area contributed by atoms with Crippen molar-refractivity contribution in [3.8, 4) is 0 Å². The first-order valence-corrected chi connectivity index (χ1v) is 8.49. The lowest BCUT2D eigenvalue weighted by molar-refractivity contribution is -0.123. The average molecular weight is 364 g/mol.